The van der Waals surface area contributed by atoms with Crippen LogP contribution >= 0.6 is 11.6 Å². The van der Waals surface area contributed by atoms with Gasteiger partial charge in [-0.25, -0.2) is 18.7 Å². The van der Waals surface area contributed by atoms with Crippen LogP contribution in [-0.4, -0.2) is 28.2 Å². The number of likely N-dealkylation sites (tertiary alicyclic amines) is 1. The summed E-state index contributed by atoms with van der Waals surface area (Å²) < 4.78 is 32.2. The van der Waals surface area contributed by atoms with Crippen LogP contribution in [0, 0.1) is 17.6 Å². The standard InChI is InChI=1S/C25H20ClF2N3O2/c26-20-6-4-17(5-7-20)23(18-2-1-3-19(11-18)24-29-30-25(32)33-24)31-13-16(14-31)8-15-9-21(27)12-22(28)10-15/h1-7,9-12,16,23H,8,13-14H2,(H,30,32). The van der Waals surface area contributed by atoms with Gasteiger partial charge in [-0.1, -0.05) is 35.9 Å². The first-order valence-electron chi connectivity index (χ1n) is 10.5. The summed E-state index contributed by atoms with van der Waals surface area (Å²) in [6.45, 7) is 1.54. The second-order valence-electron chi connectivity index (χ2n) is 8.30. The molecule has 0 amide bonds. The molecule has 1 aliphatic heterocycles. The molecule has 8 heteroatoms. The van der Waals surface area contributed by atoms with Crippen LogP contribution in [0.4, 0.5) is 8.78 Å². The van der Waals surface area contributed by atoms with Crippen LogP contribution in [0.2, 0.25) is 5.02 Å². The summed E-state index contributed by atoms with van der Waals surface area (Å²) in [5.41, 5.74) is 3.43. The highest BCUT2D eigenvalue weighted by Crippen LogP contribution is 2.37. The first-order chi connectivity index (χ1) is 15.9. The zero-order valence-corrected chi connectivity index (χ0v) is 18.2. The van der Waals surface area contributed by atoms with Crippen molar-refractivity contribution < 1.29 is 13.2 Å². The molecule has 33 heavy (non-hydrogen) atoms. The van der Waals surface area contributed by atoms with Crippen LogP contribution in [0.5, 0.6) is 0 Å². The SMILES string of the molecule is O=c1[nH]nc(-c2cccc(C(c3ccc(Cl)cc3)N3CC(Cc4cc(F)cc(F)c4)C3)c2)o1. The van der Waals surface area contributed by atoms with E-state index in [1.807, 2.05) is 48.5 Å². The minimum absolute atomic E-state index is 0.0617. The predicted molar refractivity (Wildman–Crippen MR) is 121 cm³/mol. The van der Waals surface area contributed by atoms with Crippen molar-refractivity contribution in [3.8, 4) is 11.5 Å². The number of hydrogen-bond acceptors (Lipinski definition) is 4. The van der Waals surface area contributed by atoms with E-state index in [1.165, 1.54) is 12.1 Å². The Hall–Kier alpha value is -3.29. The van der Waals surface area contributed by atoms with Gasteiger partial charge in [-0.05, 0) is 65.4 Å². The number of nitrogens with zero attached hydrogens (tertiary/aromatic N) is 2. The summed E-state index contributed by atoms with van der Waals surface area (Å²) in [6.07, 6.45) is 0.608. The minimum Gasteiger partial charge on any atom is -0.388 e. The number of aromatic amines is 1. The lowest BCUT2D eigenvalue weighted by Crippen LogP contribution is -2.49. The first-order valence-corrected chi connectivity index (χ1v) is 10.9. The van der Waals surface area contributed by atoms with Crippen LogP contribution in [0.3, 0.4) is 0 Å². The third-order valence-corrected chi connectivity index (χ3v) is 6.12. The Morgan fingerprint density at radius 2 is 1.76 bits per heavy atom. The summed E-state index contributed by atoms with van der Waals surface area (Å²) in [7, 11) is 0. The van der Waals surface area contributed by atoms with Gasteiger partial charge >= 0.3 is 5.76 Å². The van der Waals surface area contributed by atoms with Crippen molar-refractivity contribution in [2.24, 2.45) is 5.92 Å². The third kappa shape index (κ3) is 4.74. The number of nitrogens with one attached hydrogen (secondary N) is 1. The average molecular weight is 468 g/mol. The fraction of sp³-hybridized carbons (Fsp3) is 0.200. The number of halogens is 3. The van der Waals surface area contributed by atoms with E-state index in [1.54, 1.807) is 0 Å². The number of benzene rings is 3. The van der Waals surface area contributed by atoms with E-state index in [4.69, 9.17) is 16.0 Å². The van der Waals surface area contributed by atoms with Gasteiger partial charge < -0.3 is 4.42 Å². The van der Waals surface area contributed by atoms with Gasteiger partial charge in [-0.3, -0.25) is 4.90 Å². The fourth-order valence-corrected chi connectivity index (χ4v) is 4.59. The van der Waals surface area contributed by atoms with Crippen LogP contribution in [-0.2, 0) is 6.42 Å². The molecule has 1 fully saturated rings. The molecule has 1 atom stereocenters. The second-order valence-corrected chi connectivity index (χ2v) is 8.74. The molecular weight excluding hydrogens is 448 g/mol. The lowest BCUT2D eigenvalue weighted by Gasteiger charge is -2.45. The van der Waals surface area contributed by atoms with Crippen molar-refractivity contribution in [2.75, 3.05) is 13.1 Å². The highest BCUT2D eigenvalue weighted by Gasteiger charge is 2.34. The van der Waals surface area contributed by atoms with E-state index in [9.17, 15) is 13.6 Å². The molecule has 1 aromatic heterocycles. The summed E-state index contributed by atoms with van der Waals surface area (Å²) >= 11 is 6.11. The maximum atomic E-state index is 13.6. The smallest absolute Gasteiger partial charge is 0.388 e. The van der Waals surface area contributed by atoms with Crippen LogP contribution < -0.4 is 5.76 Å². The Bertz CT molecular complexity index is 1310. The van der Waals surface area contributed by atoms with Gasteiger partial charge in [0, 0.05) is 29.7 Å². The minimum atomic E-state index is -0.607. The summed E-state index contributed by atoms with van der Waals surface area (Å²) in [5, 5.41) is 6.86. The fourth-order valence-electron chi connectivity index (χ4n) is 4.47. The molecule has 5 nitrogen and oxygen atoms in total. The molecule has 0 aliphatic carbocycles. The zero-order chi connectivity index (χ0) is 22.9. The van der Waals surface area contributed by atoms with Gasteiger partial charge in [-0.2, -0.15) is 0 Å². The van der Waals surface area contributed by atoms with Gasteiger partial charge in [0.1, 0.15) is 11.6 Å². The first kappa shape index (κ1) is 21.6. The van der Waals surface area contributed by atoms with Crippen LogP contribution in [0.15, 0.2) is 75.9 Å². The third-order valence-electron chi connectivity index (χ3n) is 5.87. The maximum Gasteiger partial charge on any atom is 0.434 e. The van der Waals surface area contributed by atoms with E-state index in [0.717, 1.165) is 30.3 Å². The number of aromatic nitrogens is 2. The Kier molecular flexibility index (Phi) is 5.83. The van der Waals surface area contributed by atoms with Crippen LogP contribution in [0.25, 0.3) is 11.5 Å². The van der Waals surface area contributed by atoms with Gasteiger partial charge in [0.15, 0.2) is 0 Å². The second kappa shape index (κ2) is 8.92. The molecule has 1 unspecified atom stereocenters. The van der Waals surface area contributed by atoms with Crippen molar-refractivity contribution in [1.82, 2.24) is 15.1 Å². The highest BCUT2D eigenvalue weighted by molar-refractivity contribution is 6.30. The van der Waals surface area contributed by atoms with E-state index in [-0.39, 0.29) is 17.9 Å². The summed E-state index contributed by atoms with van der Waals surface area (Å²) in [5.74, 6) is -1.20. The lowest BCUT2D eigenvalue weighted by molar-refractivity contribution is 0.0688. The highest BCUT2D eigenvalue weighted by atomic mass is 35.5. The molecule has 1 saturated heterocycles. The van der Waals surface area contributed by atoms with Gasteiger partial charge in [0.25, 0.3) is 0 Å². The largest absolute Gasteiger partial charge is 0.434 e. The zero-order valence-electron chi connectivity index (χ0n) is 17.5. The number of rotatable bonds is 6. The van der Waals surface area contributed by atoms with Crippen molar-refractivity contribution in [3.05, 3.63) is 111 Å². The number of hydrogen-bond donors (Lipinski definition) is 1. The molecule has 168 valence electrons. The lowest BCUT2D eigenvalue weighted by atomic mass is 9.86. The van der Waals surface area contributed by atoms with Crippen LogP contribution in [0.1, 0.15) is 22.7 Å². The molecular formula is C25H20ClF2N3O2. The van der Waals surface area contributed by atoms with Gasteiger partial charge in [0.05, 0.1) is 6.04 Å². The molecule has 5 rings (SSSR count). The average Bonchev–Trinajstić information content (AvgIpc) is 3.19. The molecule has 1 aliphatic rings. The molecule has 0 saturated carbocycles. The van der Waals surface area contributed by atoms with Gasteiger partial charge in [0.2, 0.25) is 5.89 Å². The molecule has 3 aromatic carbocycles. The van der Waals surface area contributed by atoms with Crippen molar-refractivity contribution >= 4 is 11.6 Å². The number of H-pyrrole nitrogens is 1. The van der Waals surface area contributed by atoms with Crippen molar-refractivity contribution in [1.29, 1.82) is 0 Å². The van der Waals surface area contributed by atoms with Crippen molar-refractivity contribution in [2.45, 2.75) is 12.5 Å². The Morgan fingerprint density at radius 3 is 2.42 bits per heavy atom. The monoisotopic (exact) mass is 467 g/mol. The van der Waals surface area contributed by atoms with Crippen molar-refractivity contribution in [3.63, 3.8) is 0 Å². The van der Waals surface area contributed by atoms with E-state index in [0.29, 0.717) is 22.6 Å². The molecule has 0 radical (unpaired) electrons. The summed E-state index contributed by atoms with van der Waals surface area (Å²) in [4.78, 5) is 13.7. The molecule has 0 bridgehead atoms. The Morgan fingerprint density at radius 1 is 1.03 bits per heavy atom. The molecule has 4 aromatic rings. The van der Waals surface area contributed by atoms with E-state index < -0.39 is 17.4 Å². The maximum absolute atomic E-state index is 13.6. The Labute approximate surface area is 193 Å². The Balaban J connectivity index is 1.41. The van der Waals surface area contributed by atoms with Gasteiger partial charge in [-0.15, -0.1) is 5.10 Å². The quantitative estimate of drug-likeness (QED) is 0.422. The summed E-state index contributed by atoms with van der Waals surface area (Å²) in [6, 6.07) is 19.0. The normalized spacial score (nSPS) is 15.4. The van der Waals surface area contributed by atoms with E-state index in [2.05, 4.69) is 15.1 Å². The van der Waals surface area contributed by atoms with E-state index >= 15 is 0 Å². The molecule has 0 spiro atoms. The topological polar surface area (TPSA) is 62.1 Å². The predicted octanol–water partition coefficient (Wildman–Crippen LogP) is 5.23. The molecule has 2 heterocycles. The molecule has 1 N–H and O–H groups in total.